The molecule has 0 atom stereocenters. The molecule has 0 aromatic carbocycles. The summed E-state index contributed by atoms with van der Waals surface area (Å²) in [7, 11) is 0. The monoisotopic (exact) mass is 239 g/mol. The minimum Gasteiger partial charge on any atom is -0.490 e. The zero-order chi connectivity index (χ0) is 11.4. The van der Waals surface area contributed by atoms with Crippen molar-refractivity contribution in [2.45, 2.75) is 51.6 Å². The van der Waals surface area contributed by atoms with Crippen molar-refractivity contribution in [2.75, 3.05) is 0 Å². The summed E-state index contributed by atoms with van der Waals surface area (Å²) < 4.78 is 6.02. The fraction of sp³-hybridized carbons (Fsp3) is 0.615. The molecule has 3 heteroatoms. The van der Waals surface area contributed by atoms with Crippen LogP contribution in [0.5, 0.6) is 5.75 Å². The molecule has 2 rings (SSSR count). The van der Waals surface area contributed by atoms with E-state index >= 15 is 0 Å². The van der Waals surface area contributed by atoms with Crippen LogP contribution in [-0.4, -0.2) is 11.1 Å². The van der Waals surface area contributed by atoms with Crippen LogP contribution in [0.2, 0.25) is 5.15 Å². The minimum atomic E-state index is 0.361. The van der Waals surface area contributed by atoms with Crippen LogP contribution in [-0.2, 0) is 0 Å². The van der Waals surface area contributed by atoms with E-state index in [4.69, 9.17) is 16.3 Å². The zero-order valence-corrected chi connectivity index (χ0v) is 10.5. The van der Waals surface area contributed by atoms with E-state index in [-0.39, 0.29) is 0 Å². The van der Waals surface area contributed by atoms with E-state index in [0.717, 1.165) is 11.3 Å². The van der Waals surface area contributed by atoms with Crippen molar-refractivity contribution in [3.8, 4) is 5.75 Å². The highest BCUT2D eigenvalue weighted by molar-refractivity contribution is 6.29. The van der Waals surface area contributed by atoms with E-state index in [0.29, 0.717) is 11.3 Å². The van der Waals surface area contributed by atoms with Gasteiger partial charge < -0.3 is 4.74 Å². The molecule has 88 valence electrons. The molecule has 1 aliphatic carbocycles. The van der Waals surface area contributed by atoms with Crippen molar-refractivity contribution < 1.29 is 4.74 Å². The van der Waals surface area contributed by atoms with Gasteiger partial charge in [0.1, 0.15) is 10.9 Å². The van der Waals surface area contributed by atoms with E-state index in [9.17, 15) is 0 Å². The first kappa shape index (κ1) is 11.7. The van der Waals surface area contributed by atoms with E-state index in [2.05, 4.69) is 4.98 Å². The molecule has 0 saturated heterocycles. The lowest BCUT2D eigenvalue weighted by molar-refractivity contribution is 0.182. The molecule has 1 aromatic heterocycles. The quantitative estimate of drug-likeness (QED) is 0.572. The molecular formula is C13H18ClNO. The van der Waals surface area contributed by atoms with Gasteiger partial charge in [-0.15, -0.1) is 0 Å². The Bertz CT molecular complexity index is 346. The second-order valence-electron chi connectivity index (χ2n) is 4.50. The summed E-state index contributed by atoms with van der Waals surface area (Å²) in [5.41, 5.74) is 1.06. The molecular weight excluding hydrogens is 222 g/mol. The smallest absolute Gasteiger partial charge is 0.132 e. The van der Waals surface area contributed by atoms with Gasteiger partial charge in [0.15, 0.2) is 0 Å². The summed E-state index contributed by atoms with van der Waals surface area (Å²) in [6.45, 7) is 2.01. The second-order valence-corrected chi connectivity index (χ2v) is 4.89. The molecule has 1 heterocycles. The summed E-state index contributed by atoms with van der Waals surface area (Å²) in [6, 6.07) is 1.82. The summed E-state index contributed by atoms with van der Waals surface area (Å²) in [4.78, 5) is 4.04. The highest BCUT2D eigenvalue weighted by Gasteiger charge is 2.14. The average Bonchev–Trinajstić information content (AvgIpc) is 2.52. The van der Waals surface area contributed by atoms with Crippen LogP contribution in [0.1, 0.15) is 44.1 Å². The van der Waals surface area contributed by atoms with Gasteiger partial charge in [0.2, 0.25) is 0 Å². The van der Waals surface area contributed by atoms with Crippen LogP contribution >= 0.6 is 11.6 Å². The van der Waals surface area contributed by atoms with Crippen molar-refractivity contribution in [1.29, 1.82) is 0 Å². The first-order valence-electron chi connectivity index (χ1n) is 6.04. The molecule has 0 radical (unpaired) electrons. The second kappa shape index (κ2) is 5.53. The van der Waals surface area contributed by atoms with Crippen LogP contribution in [0.25, 0.3) is 0 Å². The standard InChI is InChI=1S/C13H18ClNO/c1-10-9-15-13(14)8-12(10)16-11-6-4-2-3-5-7-11/h8-9,11H,2-7H2,1H3. The van der Waals surface area contributed by atoms with Gasteiger partial charge in [-0.3, -0.25) is 0 Å². The van der Waals surface area contributed by atoms with Gasteiger partial charge in [0.25, 0.3) is 0 Å². The third-order valence-corrected chi connectivity index (χ3v) is 3.32. The number of hydrogen-bond acceptors (Lipinski definition) is 2. The van der Waals surface area contributed by atoms with E-state index in [1.54, 1.807) is 6.20 Å². The molecule has 0 aliphatic heterocycles. The van der Waals surface area contributed by atoms with E-state index in [1.807, 2.05) is 13.0 Å². The molecule has 0 amide bonds. The number of hydrogen-bond donors (Lipinski definition) is 0. The summed E-state index contributed by atoms with van der Waals surface area (Å²) in [6.07, 6.45) is 9.71. The van der Waals surface area contributed by atoms with Crippen molar-refractivity contribution in [1.82, 2.24) is 4.98 Å². The third-order valence-electron chi connectivity index (χ3n) is 3.12. The number of aryl methyl sites for hydroxylation is 1. The van der Waals surface area contributed by atoms with Crippen molar-refractivity contribution in [3.05, 3.63) is 23.0 Å². The van der Waals surface area contributed by atoms with Gasteiger partial charge in [0, 0.05) is 17.8 Å². The fourth-order valence-electron chi connectivity index (χ4n) is 2.15. The Balaban J connectivity index is 2.04. The van der Waals surface area contributed by atoms with Gasteiger partial charge >= 0.3 is 0 Å². The summed E-state index contributed by atoms with van der Waals surface area (Å²) >= 11 is 5.88. The van der Waals surface area contributed by atoms with Gasteiger partial charge in [0.05, 0.1) is 6.10 Å². The Morgan fingerprint density at radius 1 is 1.25 bits per heavy atom. The topological polar surface area (TPSA) is 22.1 Å². The third kappa shape index (κ3) is 3.11. The predicted molar refractivity (Wildman–Crippen MR) is 66.1 cm³/mol. The lowest BCUT2D eigenvalue weighted by Gasteiger charge is -2.18. The summed E-state index contributed by atoms with van der Waals surface area (Å²) in [5.74, 6) is 0.895. The predicted octanol–water partition coefficient (Wildman–Crippen LogP) is 4.15. The van der Waals surface area contributed by atoms with Gasteiger partial charge in [-0.05, 0) is 32.6 Å². The van der Waals surface area contributed by atoms with Crippen LogP contribution in [0.3, 0.4) is 0 Å². The first-order chi connectivity index (χ1) is 7.75. The number of rotatable bonds is 2. The highest BCUT2D eigenvalue weighted by atomic mass is 35.5. The zero-order valence-electron chi connectivity index (χ0n) is 9.71. The normalized spacial score (nSPS) is 18.1. The van der Waals surface area contributed by atoms with Gasteiger partial charge in [-0.1, -0.05) is 24.4 Å². The Morgan fingerprint density at radius 3 is 2.62 bits per heavy atom. The molecule has 1 saturated carbocycles. The van der Waals surface area contributed by atoms with Crippen molar-refractivity contribution >= 4 is 11.6 Å². The number of aromatic nitrogens is 1. The number of ether oxygens (including phenoxy) is 1. The molecule has 1 aliphatic rings. The lowest BCUT2D eigenvalue weighted by Crippen LogP contribution is -2.15. The van der Waals surface area contributed by atoms with Crippen molar-refractivity contribution in [2.24, 2.45) is 0 Å². The molecule has 0 spiro atoms. The Morgan fingerprint density at radius 2 is 1.94 bits per heavy atom. The van der Waals surface area contributed by atoms with E-state index < -0.39 is 0 Å². The van der Waals surface area contributed by atoms with Crippen LogP contribution in [0.4, 0.5) is 0 Å². The maximum Gasteiger partial charge on any atom is 0.132 e. The fourth-order valence-corrected chi connectivity index (χ4v) is 2.30. The average molecular weight is 240 g/mol. The highest BCUT2D eigenvalue weighted by Crippen LogP contribution is 2.26. The van der Waals surface area contributed by atoms with Gasteiger partial charge in [-0.25, -0.2) is 4.98 Å². The molecule has 1 aromatic rings. The number of pyridine rings is 1. The Hall–Kier alpha value is -0.760. The molecule has 0 bridgehead atoms. The van der Waals surface area contributed by atoms with Crippen molar-refractivity contribution in [3.63, 3.8) is 0 Å². The number of halogens is 1. The lowest BCUT2D eigenvalue weighted by atomic mass is 10.1. The maximum atomic E-state index is 6.02. The molecule has 16 heavy (non-hydrogen) atoms. The van der Waals surface area contributed by atoms with Crippen LogP contribution in [0.15, 0.2) is 12.3 Å². The molecule has 2 nitrogen and oxygen atoms in total. The van der Waals surface area contributed by atoms with Crippen LogP contribution < -0.4 is 4.74 Å². The van der Waals surface area contributed by atoms with E-state index in [1.165, 1.54) is 38.5 Å². The molecule has 0 N–H and O–H groups in total. The first-order valence-corrected chi connectivity index (χ1v) is 6.42. The maximum absolute atomic E-state index is 6.02. The van der Waals surface area contributed by atoms with Gasteiger partial charge in [-0.2, -0.15) is 0 Å². The molecule has 1 fully saturated rings. The largest absolute Gasteiger partial charge is 0.490 e. The summed E-state index contributed by atoms with van der Waals surface area (Å²) in [5, 5.41) is 0.509. The molecule has 0 unspecified atom stereocenters. The minimum absolute atomic E-state index is 0.361. The Kier molecular flexibility index (Phi) is 4.05. The number of nitrogens with zero attached hydrogens (tertiary/aromatic N) is 1. The van der Waals surface area contributed by atoms with Crippen LogP contribution in [0, 0.1) is 6.92 Å². The Labute approximate surface area is 102 Å². The SMILES string of the molecule is Cc1cnc(Cl)cc1OC1CCCCCC1.